The van der Waals surface area contributed by atoms with E-state index in [1.54, 1.807) is 12.1 Å². The van der Waals surface area contributed by atoms with E-state index in [1.807, 2.05) is 5.32 Å². The molecule has 0 fully saturated rings. The molecule has 0 spiro atoms. The third-order valence-electron chi connectivity index (χ3n) is 3.62. The Morgan fingerprint density at radius 2 is 1.96 bits per heavy atom. The molecule has 1 N–H and O–H groups in total. The van der Waals surface area contributed by atoms with Gasteiger partial charge in [0, 0.05) is 19.0 Å². The van der Waals surface area contributed by atoms with Crippen molar-refractivity contribution in [1.29, 1.82) is 0 Å². The van der Waals surface area contributed by atoms with Crippen molar-refractivity contribution in [1.82, 2.24) is 10.2 Å². The average Bonchev–Trinajstić information content (AvgIpc) is 2.56. The molecule has 8 heteroatoms. The second-order valence-electron chi connectivity index (χ2n) is 4.95. The largest absolute Gasteiger partial charge is 0.497 e. The molecule has 1 heterocycles. The number of carbonyl (C=O) groups is 4. The van der Waals surface area contributed by atoms with Crippen LogP contribution in [-0.4, -0.2) is 50.0 Å². The van der Waals surface area contributed by atoms with Crippen molar-refractivity contribution in [2.45, 2.75) is 12.3 Å². The lowest BCUT2D eigenvalue weighted by molar-refractivity contribution is -0.132. The number of methoxy groups -OCH3 is 2. The van der Waals surface area contributed by atoms with E-state index < -0.39 is 29.7 Å². The van der Waals surface area contributed by atoms with Crippen molar-refractivity contribution in [2.24, 2.45) is 0 Å². The van der Waals surface area contributed by atoms with Gasteiger partial charge < -0.3 is 9.47 Å². The van der Waals surface area contributed by atoms with Crippen molar-refractivity contribution >= 4 is 23.8 Å². The van der Waals surface area contributed by atoms with Gasteiger partial charge in [0.05, 0.1) is 20.1 Å². The molecule has 23 heavy (non-hydrogen) atoms. The van der Waals surface area contributed by atoms with Gasteiger partial charge in [-0.25, -0.2) is 4.79 Å². The number of fused-ring (bicyclic) bond motifs is 1. The molecular weight excluding hydrogens is 304 g/mol. The molecule has 0 aliphatic carbocycles. The first kappa shape index (κ1) is 16.5. The summed E-state index contributed by atoms with van der Waals surface area (Å²) in [6, 6.07) is 4.70. The number of benzene rings is 1. The number of hydrogen-bond donors (Lipinski definition) is 1. The molecule has 122 valence electrons. The number of nitrogens with one attached hydrogen (secondary N) is 1. The molecule has 1 aliphatic heterocycles. The Kier molecular flexibility index (Phi) is 4.63. The topological polar surface area (TPSA) is 102 Å². The summed E-state index contributed by atoms with van der Waals surface area (Å²) in [5.74, 6) is -2.03. The minimum Gasteiger partial charge on any atom is -0.497 e. The molecular formula is C15H16N2O6. The van der Waals surface area contributed by atoms with E-state index in [0.29, 0.717) is 16.9 Å². The fraction of sp³-hybridized carbons (Fsp3) is 0.333. The smallest absolute Gasteiger partial charge is 0.413 e. The Labute approximate surface area is 132 Å². The summed E-state index contributed by atoms with van der Waals surface area (Å²) < 4.78 is 9.42. The number of ether oxygens (including phenoxy) is 2. The zero-order valence-corrected chi connectivity index (χ0v) is 12.9. The SMILES string of the molecule is COC(=O)NC(=O)CC1C(=O)N(C)C(=O)c2cc(OC)ccc21. The zero-order chi connectivity index (χ0) is 17.1. The number of amides is 4. The minimum atomic E-state index is -0.905. The molecule has 0 bridgehead atoms. The highest BCUT2D eigenvalue weighted by atomic mass is 16.5. The van der Waals surface area contributed by atoms with E-state index in [2.05, 4.69) is 4.74 Å². The molecule has 0 saturated carbocycles. The van der Waals surface area contributed by atoms with Gasteiger partial charge in [0.1, 0.15) is 5.75 Å². The first-order valence-electron chi connectivity index (χ1n) is 6.76. The molecule has 0 radical (unpaired) electrons. The number of imide groups is 2. The van der Waals surface area contributed by atoms with Crippen molar-refractivity contribution in [3.8, 4) is 5.75 Å². The molecule has 1 unspecified atom stereocenters. The van der Waals surface area contributed by atoms with Gasteiger partial charge in [-0.2, -0.15) is 0 Å². The second-order valence-corrected chi connectivity index (χ2v) is 4.95. The van der Waals surface area contributed by atoms with Crippen LogP contribution < -0.4 is 10.1 Å². The maximum atomic E-state index is 12.3. The number of rotatable bonds is 3. The van der Waals surface area contributed by atoms with Crippen molar-refractivity contribution in [3.63, 3.8) is 0 Å². The Bertz CT molecular complexity index is 685. The van der Waals surface area contributed by atoms with Gasteiger partial charge in [0.2, 0.25) is 11.8 Å². The fourth-order valence-corrected chi connectivity index (χ4v) is 2.40. The van der Waals surface area contributed by atoms with Crippen LogP contribution >= 0.6 is 0 Å². The normalized spacial score (nSPS) is 16.7. The van der Waals surface area contributed by atoms with E-state index in [1.165, 1.54) is 20.2 Å². The van der Waals surface area contributed by atoms with Crippen LogP contribution in [0.1, 0.15) is 28.3 Å². The molecule has 0 aromatic heterocycles. The molecule has 8 nitrogen and oxygen atoms in total. The fourth-order valence-electron chi connectivity index (χ4n) is 2.40. The number of alkyl carbamates (subject to hydrolysis) is 1. The molecule has 1 aliphatic rings. The number of hydrogen-bond acceptors (Lipinski definition) is 6. The summed E-state index contributed by atoms with van der Waals surface area (Å²) in [5.41, 5.74) is 0.723. The van der Waals surface area contributed by atoms with Gasteiger partial charge in [-0.1, -0.05) is 6.07 Å². The van der Waals surface area contributed by atoms with E-state index in [-0.39, 0.29) is 6.42 Å². The highest BCUT2D eigenvalue weighted by Crippen LogP contribution is 2.33. The molecule has 1 aromatic rings. The Morgan fingerprint density at radius 3 is 2.57 bits per heavy atom. The average molecular weight is 320 g/mol. The third kappa shape index (κ3) is 3.15. The highest BCUT2D eigenvalue weighted by Gasteiger charge is 2.38. The lowest BCUT2D eigenvalue weighted by Crippen LogP contribution is -2.44. The van der Waals surface area contributed by atoms with Crippen LogP contribution in [0.2, 0.25) is 0 Å². The quantitative estimate of drug-likeness (QED) is 0.821. The first-order valence-corrected chi connectivity index (χ1v) is 6.76. The van der Waals surface area contributed by atoms with Crippen LogP contribution in [0.25, 0.3) is 0 Å². The van der Waals surface area contributed by atoms with Crippen LogP contribution in [0.3, 0.4) is 0 Å². The van der Waals surface area contributed by atoms with Crippen LogP contribution in [0.4, 0.5) is 4.79 Å². The molecule has 1 aromatic carbocycles. The van der Waals surface area contributed by atoms with Crippen LogP contribution in [0.5, 0.6) is 5.75 Å². The van der Waals surface area contributed by atoms with E-state index in [9.17, 15) is 19.2 Å². The minimum absolute atomic E-state index is 0.273. The van der Waals surface area contributed by atoms with Gasteiger partial charge >= 0.3 is 6.09 Å². The van der Waals surface area contributed by atoms with E-state index >= 15 is 0 Å². The van der Waals surface area contributed by atoms with Crippen molar-refractivity contribution < 1.29 is 28.7 Å². The summed E-state index contributed by atoms with van der Waals surface area (Å²) in [6.45, 7) is 0. The highest BCUT2D eigenvalue weighted by molar-refractivity contribution is 6.12. The molecule has 1 atom stereocenters. The predicted molar refractivity (Wildman–Crippen MR) is 78.0 cm³/mol. The number of carbonyl (C=O) groups excluding carboxylic acids is 4. The summed E-state index contributed by atoms with van der Waals surface area (Å²) in [6.07, 6.45) is -1.18. The summed E-state index contributed by atoms with van der Waals surface area (Å²) in [4.78, 5) is 48.4. The third-order valence-corrected chi connectivity index (χ3v) is 3.62. The zero-order valence-electron chi connectivity index (χ0n) is 12.9. The van der Waals surface area contributed by atoms with Gasteiger partial charge in [-0.15, -0.1) is 0 Å². The van der Waals surface area contributed by atoms with E-state index in [4.69, 9.17) is 4.74 Å². The Balaban J connectivity index is 2.34. The molecule has 4 amide bonds. The predicted octanol–water partition coefficient (Wildman–Crippen LogP) is 0.664. The van der Waals surface area contributed by atoms with Crippen molar-refractivity contribution in [2.75, 3.05) is 21.3 Å². The van der Waals surface area contributed by atoms with Crippen molar-refractivity contribution in [3.05, 3.63) is 29.3 Å². The first-order chi connectivity index (χ1) is 10.9. The number of nitrogens with zero attached hydrogens (tertiary/aromatic N) is 1. The van der Waals surface area contributed by atoms with Gasteiger partial charge in [-0.3, -0.25) is 24.6 Å². The molecule has 0 saturated heterocycles. The van der Waals surface area contributed by atoms with Gasteiger partial charge in [0.25, 0.3) is 5.91 Å². The summed E-state index contributed by atoms with van der Waals surface area (Å²) in [7, 11) is 3.94. The lowest BCUT2D eigenvalue weighted by atomic mass is 9.86. The summed E-state index contributed by atoms with van der Waals surface area (Å²) in [5, 5.41) is 2.00. The Hall–Kier alpha value is -2.90. The Morgan fingerprint density at radius 1 is 1.26 bits per heavy atom. The monoisotopic (exact) mass is 320 g/mol. The lowest BCUT2D eigenvalue weighted by Gasteiger charge is -2.29. The van der Waals surface area contributed by atoms with Gasteiger partial charge in [0.15, 0.2) is 0 Å². The number of likely N-dealkylation sites (N-methyl/N-ethyl adjacent to an activating group) is 1. The standard InChI is InChI=1S/C15H16N2O6/c1-17-13(19)10-6-8(22-2)4-5-9(10)11(14(17)20)7-12(18)16-15(21)23-3/h4-6,11H,7H2,1-3H3,(H,16,18,21). The van der Waals surface area contributed by atoms with E-state index in [0.717, 1.165) is 12.0 Å². The maximum Gasteiger partial charge on any atom is 0.413 e. The summed E-state index contributed by atoms with van der Waals surface area (Å²) >= 11 is 0. The molecule has 2 rings (SSSR count). The maximum absolute atomic E-state index is 12.3. The van der Waals surface area contributed by atoms with Crippen LogP contribution in [-0.2, 0) is 14.3 Å². The van der Waals surface area contributed by atoms with Gasteiger partial charge in [-0.05, 0) is 17.7 Å². The second kappa shape index (κ2) is 6.47. The van der Waals surface area contributed by atoms with Crippen LogP contribution in [0.15, 0.2) is 18.2 Å². The van der Waals surface area contributed by atoms with Crippen LogP contribution in [0, 0.1) is 0 Å².